The Morgan fingerprint density at radius 3 is 2.35 bits per heavy atom. The lowest BCUT2D eigenvalue weighted by Gasteiger charge is -2.26. The maximum atomic E-state index is 5.96. The second-order valence-electron chi connectivity index (χ2n) is 5.62. The van der Waals surface area contributed by atoms with Gasteiger partial charge in [-0.05, 0) is 42.7 Å². The van der Waals surface area contributed by atoms with Crippen LogP contribution in [0.25, 0.3) is 0 Å². The minimum Gasteiger partial charge on any atom is -0.469 e. The Morgan fingerprint density at radius 2 is 1.80 bits per heavy atom. The van der Waals surface area contributed by atoms with Crippen molar-refractivity contribution >= 4 is 11.6 Å². The smallest absolute Gasteiger partial charge is 0.105 e. The Hall–Kier alpha value is -1.25. The van der Waals surface area contributed by atoms with E-state index in [0.29, 0.717) is 18.0 Å². The second-order valence-corrected chi connectivity index (χ2v) is 6.06. The molecule has 0 spiro atoms. The van der Waals surface area contributed by atoms with Crippen molar-refractivity contribution in [1.29, 1.82) is 0 Å². The summed E-state index contributed by atoms with van der Waals surface area (Å²) in [4.78, 5) is 0. The van der Waals surface area contributed by atoms with Gasteiger partial charge in [0.05, 0.1) is 6.26 Å². The van der Waals surface area contributed by atoms with E-state index in [1.54, 1.807) is 6.26 Å². The average Bonchev–Trinajstić information content (AvgIpc) is 2.90. The van der Waals surface area contributed by atoms with Gasteiger partial charge in [-0.1, -0.05) is 37.6 Å². The number of benzene rings is 1. The van der Waals surface area contributed by atoms with Gasteiger partial charge >= 0.3 is 0 Å². The molecule has 2 atom stereocenters. The summed E-state index contributed by atoms with van der Waals surface area (Å²) in [6.45, 7) is 6.64. The monoisotopic (exact) mass is 291 g/mol. The molecule has 0 radical (unpaired) electrons. The SMILES string of the molecule is CC(Cc1ccco1)NC(c1ccc(Cl)cc1)C(C)C. The van der Waals surface area contributed by atoms with Crippen LogP contribution in [-0.2, 0) is 6.42 Å². The zero-order valence-electron chi connectivity index (χ0n) is 12.3. The number of nitrogens with one attached hydrogen (secondary N) is 1. The molecule has 0 aliphatic rings. The summed E-state index contributed by atoms with van der Waals surface area (Å²) in [6.07, 6.45) is 2.62. The Kier molecular flexibility index (Phi) is 5.27. The third-order valence-corrected chi connectivity index (χ3v) is 3.70. The van der Waals surface area contributed by atoms with Crippen molar-refractivity contribution in [3.05, 3.63) is 59.0 Å². The Morgan fingerprint density at radius 1 is 1.10 bits per heavy atom. The van der Waals surface area contributed by atoms with Crippen molar-refractivity contribution in [3.63, 3.8) is 0 Å². The van der Waals surface area contributed by atoms with E-state index in [1.807, 2.05) is 24.3 Å². The van der Waals surface area contributed by atoms with Crippen molar-refractivity contribution in [2.45, 2.75) is 39.3 Å². The third-order valence-electron chi connectivity index (χ3n) is 3.45. The fourth-order valence-electron chi connectivity index (χ4n) is 2.44. The minimum atomic E-state index is 0.317. The highest BCUT2D eigenvalue weighted by atomic mass is 35.5. The maximum Gasteiger partial charge on any atom is 0.105 e. The predicted molar refractivity (Wildman–Crippen MR) is 84.0 cm³/mol. The van der Waals surface area contributed by atoms with Crippen molar-refractivity contribution in [2.75, 3.05) is 0 Å². The lowest BCUT2D eigenvalue weighted by molar-refractivity contribution is 0.355. The molecular formula is C17H22ClNO. The largest absolute Gasteiger partial charge is 0.469 e. The van der Waals surface area contributed by atoms with Crippen molar-refractivity contribution < 1.29 is 4.42 Å². The van der Waals surface area contributed by atoms with Crippen LogP contribution in [0.4, 0.5) is 0 Å². The van der Waals surface area contributed by atoms with Gasteiger partial charge in [-0.15, -0.1) is 0 Å². The lowest BCUT2D eigenvalue weighted by atomic mass is 9.95. The number of hydrogen-bond acceptors (Lipinski definition) is 2. The summed E-state index contributed by atoms with van der Waals surface area (Å²) in [5.41, 5.74) is 1.27. The predicted octanol–water partition coefficient (Wildman–Crippen LogP) is 4.85. The fourth-order valence-corrected chi connectivity index (χ4v) is 2.57. The van der Waals surface area contributed by atoms with Crippen LogP contribution in [0.2, 0.25) is 5.02 Å². The number of hydrogen-bond donors (Lipinski definition) is 1. The molecule has 0 saturated carbocycles. The molecule has 2 aromatic rings. The van der Waals surface area contributed by atoms with Crippen molar-refractivity contribution in [2.24, 2.45) is 5.92 Å². The van der Waals surface area contributed by atoms with E-state index >= 15 is 0 Å². The number of halogens is 1. The molecule has 0 bridgehead atoms. The van der Waals surface area contributed by atoms with Crippen LogP contribution in [0, 0.1) is 5.92 Å². The highest BCUT2D eigenvalue weighted by Crippen LogP contribution is 2.24. The first-order chi connectivity index (χ1) is 9.56. The quantitative estimate of drug-likeness (QED) is 0.823. The molecule has 20 heavy (non-hydrogen) atoms. The van der Waals surface area contributed by atoms with Crippen LogP contribution in [-0.4, -0.2) is 6.04 Å². The highest BCUT2D eigenvalue weighted by molar-refractivity contribution is 6.30. The van der Waals surface area contributed by atoms with Gasteiger partial charge < -0.3 is 9.73 Å². The number of furan rings is 1. The van der Waals surface area contributed by atoms with Gasteiger partial charge in [0, 0.05) is 23.5 Å². The first-order valence-electron chi connectivity index (χ1n) is 7.10. The zero-order chi connectivity index (χ0) is 14.5. The molecule has 3 heteroatoms. The van der Waals surface area contributed by atoms with Crippen LogP contribution in [0.5, 0.6) is 0 Å². The minimum absolute atomic E-state index is 0.317. The maximum absolute atomic E-state index is 5.96. The molecule has 1 aromatic heterocycles. The van der Waals surface area contributed by atoms with Crippen LogP contribution < -0.4 is 5.32 Å². The molecule has 2 rings (SSSR count). The van der Waals surface area contributed by atoms with E-state index < -0.39 is 0 Å². The molecule has 1 heterocycles. The van der Waals surface area contributed by atoms with Gasteiger partial charge in [-0.3, -0.25) is 0 Å². The molecule has 0 amide bonds. The first-order valence-corrected chi connectivity index (χ1v) is 7.48. The van der Waals surface area contributed by atoms with Crippen LogP contribution in [0.15, 0.2) is 47.1 Å². The second kappa shape index (κ2) is 6.96. The van der Waals surface area contributed by atoms with E-state index in [2.05, 4.69) is 38.2 Å². The van der Waals surface area contributed by atoms with Gasteiger partial charge in [0.1, 0.15) is 5.76 Å². The molecule has 0 fully saturated rings. The Balaban J connectivity index is 2.03. The Labute approximate surface area is 126 Å². The summed E-state index contributed by atoms with van der Waals surface area (Å²) in [7, 11) is 0. The van der Waals surface area contributed by atoms with Gasteiger partial charge in [0.25, 0.3) is 0 Å². The van der Waals surface area contributed by atoms with Gasteiger partial charge in [0.2, 0.25) is 0 Å². The molecular weight excluding hydrogens is 270 g/mol. The lowest BCUT2D eigenvalue weighted by Crippen LogP contribution is -2.34. The molecule has 2 unspecified atom stereocenters. The summed E-state index contributed by atoms with van der Waals surface area (Å²) in [6, 6.07) is 12.7. The van der Waals surface area contributed by atoms with Crippen molar-refractivity contribution in [1.82, 2.24) is 5.32 Å². The molecule has 0 aliphatic carbocycles. The van der Waals surface area contributed by atoms with Crippen LogP contribution in [0.3, 0.4) is 0 Å². The van der Waals surface area contributed by atoms with Gasteiger partial charge in [0.15, 0.2) is 0 Å². The van der Waals surface area contributed by atoms with Crippen LogP contribution in [0.1, 0.15) is 38.1 Å². The zero-order valence-corrected chi connectivity index (χ0v) is 13.0. The van der Waals surface area contributed by atoms with Gasteiger partial charge in [-0.25, -0.2) is 0 Å². The van der Waals surface area contributed by atoms with Gasteiger partial charge in [-0.2, -0.15) is 0 Å². The molecule has 108 valence electrons. The number of rotatable bonds is 6. The molecule has 0 aliphatic heterocycles. The summed E-state index contributed by atoms with van der Waals surface area (Å²) < 4.78 is 5.41. The standard InChI is InChI=1S/C17H22ClNO/c1-12(2)17(14-6-8-15(18)9-7-14)19-13(3)11-16-5-4-10-20-16/h4-10,12-13,17,19H,11H2,1-3H3. The molecule has 2 nitrogen and oxygen atoms in total. The van der Waals surface area contributed by atoms with E-state index in [9.17, 15) is 0 Å². The summed E-state index contributed by atoms with van der Waals surface area (Å²) >= 11 is 5.96. The van der Waals surface area contributed by atoms with E-state index in [0.717, 1.165) is 17.2 Å². The van der Waals surface area contributed by atoms with Crippen LogP contribution >= 0.6 is 11.6 Å². The highest BCUT2D eigenvalue weighted by Gasteiger charge is 2.18. The van der Waals surface area contributed by atoms with E-state index in [1.165, 1.54) is 5.56 Å². The molecule has 1 aromatic carbocycles. The van der Waals surface area contributed by atoms with E-state index in [4.69, 9.17) is 16.0 Å². The fraction of sp³-hybridized carbons (Fsp3) is 0.412. The Bertz CT molecular complexity index is 504. The summed E-state index contributed by atoms with van der Waals surface area (Å²) in [5, 5.41) is 4.47. The third kappa shape index (κ3) is 4.12. The normalized spacial score (nSPS) is 14.4. The molecule has 0 saturated heterocycles. The molecule has 1 N–H and O–H groups in total. The topological polar surface area (TPSA) is 25.2 Å². The first kappa shape index (κ1) is 15.1. The van der Waals surface area contributed by atoms with Crippen molar-refractivity contribution in [3.8, 4) is 0 Å². The van der Waals surface area contributed by atoms with E-state index in [-0.39, 0.29) is 0 Å². The average molecular weight is 292 g/mol. The summed E-state index contributed by atoms with van der Waals surface area (Å²) in [5.74, 6) is 1.53.